The topological polar surface area (TPSA) is 141 Å². The number of non-ortho nitro benzene ring substituents is 1. The van der Waals surface area contributed by atoms with Crippen LogP contribution in [-0.2, 0) is 9.53 Å². The maximum Gasteiger partial charge on any atom is 0.414 e. The molecule has 0 aliphatic carbocycles. The summed E-state index contributed by atoms with van der Waals surface area (Å²) in [7, 11) is 0. The van der Waals surface area contributed by atoms with E-state index in [2.05, 4.69) is 16.7 Å². The van der Waals surface area contributed by atoms with Crippen LogP contribution in [0.25, 0.3) is 0 Å². The molecule has 2 N–H and O–H groups in total. The molecule has 2 aliphatic heterocycles. The highest BCUT2D eigenvalue weighted by Gasteiger charge is 2.36. The largest absolute Gasteiger partial charge is 0.442 e. The molecule has 2 amide bonds. The van der Waals surface area contributed by atoms with Crippen molar-refractivity contribution >= 4 is 34.7 Å². The standard InChI is InChI=1S/C24H25FN6O5/c1-16(32)27-13-20-14-30(23(33)36-20)19-6-7-22(21(25)12-19)29-10-8-24(15-26,9-11-29)28-17-2-4-18(5-3-17)31(34)35/h2-7,12,20,28H,8-11,13-14H2,1H3,(H,27,32). The molecule has 0 aromatic heterocycles. The van der Waals surface area contributed by atoms with Gasteiger partial charge < -0.3 is 20.3 Å². The number of nitro benzene ring substituents is 1. The first-order valence-electron chi connectivity index (χ1n) is 11.4. The molecule has 0 saturated carbocycles. The number of nitro groups is 1. The van der Waals surface area contributed by atoms with Gasteiger partial charge in [-0.15, -0.1) is 0 Å². The first-order valence-corrected chi connectivity index (χ1v) is 11.4. The predicted molar refractivity (Wildman–Crippen MR) is 129 cm³/mol. The van der Waals surface area contributed by atoms with Gasteiger partial charge in [-0.1, -0.05) is 0 Å². The first-order chi connectivity index (χ1) is 17.2. The van der Waals surface area contributed by atoms with Gasteiger partial charge in [0.15, 0.2) is 0 Å². The van der Waals surface area contributed by atoms with Gasteiger partial charge in [0.2, 0.25) is 5.91 Å². The smallest absolute Gasteiger partial charge is 0.414 e. The number of nitriles is 1. The van der Waals surface area contributed by atoms with Crippen molar-refractivity contribution in [3.8, 4) is 6.07 Å². The summed E-state index contributed by atoms with van der Waals surface area (Å²) in [5.41, 5.74) is 0.398. The summed E-state index contributed by atoms with van der Waals surface area (Å²) < 4.78 is 20.3. The molecule has 2 heterocycles. The summed E-state index contributed by atoms with van der Waals surface area (Å²) in [4.78, 5) is 36.8. The Morgan fingerprint density at radius 1 is 1.28 bits per heavy atom. The molecule has 2 saturated heterocycles. The number of hydrogen-bond donors (Lipinski definition) is 2. The number of benzene rings is 2. The lowest BCUT2D eigenvalue weighted by molar-refractivity contribution is -0.384. The normalized spacial score (nSPS) is 18.8. The van der Waals surface area contributed by atoms with Gasteiger partial charge in [0.25, 0.3) is 5.69 Å². The summed E-state index contributed by atoms with van der Waals surface area (Å²) in [6, 6.07) is 12.7. The second-order valence-corrected chi connectivity index (χ2v) is 8.80. The number of nitrogens with zero attached hydrogens (tertiary/aromatic N) is 4. The zero-order valence-electron chi connectivity index (χ0n) is 19.6. The number of carbonyl (C=O) groups is 2. The van der Waals surface area contributed by atoms with E-state index < -0.39 is 28.5 Å². The number of nitrogens with one attached hydrogen (secondary N) is 2. The van der Waals surface area contributed by atoms with Crippen LogP contribution >= 0.6 is 0 Å². The molecular weight excluding hydrogens is 471 g/mol. The lowest BCUT2D eigenvalue weighted by Gasteiger charge is -2.39. The SMILES string of the molecule is CC(=O)NCC1CN(c2ccc(N3CCC(C#N)(Nc4ccc([N+](=O)[O-])cc4)CC3)c(F)c2)C(=O)O1. The van der Waals surface area contributed by atoms with Crippen LogP contribution in [0.4, 0.5) is 31.9 Å². The van der Waals surface area contributed by atoms with Crippen LogP contribution in [0.5, 0.6) is 0 Å². The monoisotopic (exact) mass is 496 g/mol. The Kier molecular flexibility index (Phi) is 6.91. The number of cyclic esters (lactones) is 1. The molecule has 2 aliphatic rings. The minimum Gasteiger partial charge on any atom is -0.442 e. The lowest BCUT2D eigenvalue weighted by atomic mass is 9.88. The van der Waals surface area contributed by atoms with E-state index in [1.165, 1.54) is 30.0 Å². The number of halogens is 1. The van der Waals surface area contributed by atoms with Crippen molar-refractivity contribution in [2.45, 2.75) is 31.4 Å². The van der Waals surface area contributed by atoms with Gasteiger partial charge in [-0.05, 0) is 30.3 Å². The molecule has 188 valence electrons. The van der Waals surface area contributed by atoms with Gasteiger partial charge in [-0.2, -0.15) is 5.26 Å². The predicted octanol–water partition coefficient (Wildman–Crippen LogP) is 3.17. The fourth-order valence-corrected chi connectivity index (χ4v) is 4.35. The summed E-state index contributed by atoms with van der Waals surface area (Å²) in [5.74, 6) is -0.733. The average Bonchev–Trinajstić information content (AvgIpc) is 3.24. The van der Waals surface area contributed by atoms with E-state index in [0.29, 0.717) is 43.0 Å². The summed E-state index contributed by atoms with van der Waals surface area (Å²) in [6.07, 6.45) is -0.309. The van der Waals surface area contributed by atoms with E-state index in [1.54, 1.807) is 24.3 Å². The Balaban J connectivity index is 1.39. The van der Waals surface area contributed by atoms with E-state index in [-0.39, 0.29) is 24.7 Å². The number of rotatable bonds is 7. The Bertz CT molecular complexity index is 1210. The highest BCUT2D eigenvalue weighted by Crippen LogP contribution is 2.33. The van der Waals surface area contributed by atoms with Crippen molar-refractivity contribution < 1.29 is 23.6 Å². The highest BCUT2D eigenvalue weighted by molar-refractivity contribution is 5.90. The number of amides is 2. The number of piperidine rings is 1. The van der Waals surface area contributed by atoms with Crippen LogP contribution in [0.2, 0.25) is 0 Å². The second kappa shape index (κ2) is 10.1. The zero-order chi connectivity index (χ0) is 25.9. The van der Waals surface area contributed by atoms with Crippen LogP contribution in [0.15, 0.2) is 42.5 Å². The lowest BCUT2D eigenvalue weighted by Crippen LogP contribution is -2.48. The van der Waals surface area contributed by atoms with Gasteiger partial charge in [-0.3, -0.25) is 19.8 Å². The van der Waals surface area contributed by atoms with E-state index in [1.807, 2.05) is 4.90 Å². The van der Waals surface area contributed by atoms with Crippen LogP contribution < -0.4 is 20.4 Å². The third-order valence-electron chi connectivity index (χ3n) is 6.33. The number of anilines is 3. The van der Waals surface area contributed by atoms with E-state index in [4.69, 9.17) is 4.74 Å². The molecule has 2 aromatic rings. The molecule has 12 heteroatoms. The summed E-state index contributed by atoms with van der Waals surface area (Å²) in [6.45, 7) is 2.57. The molecule has 2 fully saturated rings. The molecule has 1 unspecified atom stereocenters. The van der Waals surface area contributed by atoms with Gasteiger partial charge in [-0.25, -0.2) is 9.18 Å². The fraction of sp³-hybridized carbons (Fsp3) is 0.375. The van der Waals surface area contributed by atoms with Crippen molar-refractivity contribution in [2.24, 2.45) is 0 Å². The van der Waals surface area contributed by atoms with Crippen molar-refractivity contribution in [1.29, 1.82) is 5.26 Å². The van der Waals surface area contributed by atoms with Crippen LogP contribution in [0, 0.1) is 27.3 Å². The third-order valence-corrected chi connectivity index (χ3v) is 6.33. The molecule has 36 heavy (non-hydrogen) atoms. The number of carbonyl (C=O) groups excluding carboxylic acids is 2. The Hall–Kier alpha value is -4.40. The Labute approximate surface area is 206 Å². The minimum absolute atomic E-state index is 0.0364. The highest BCUT2D eigenvalue weighted by atomic mass is 19.1. The third kappa shape index (κ3) is 5.30. The molecule has 4 rings (SSSR count). The average molecular weight is 496 g/mol. The zero-order valence-corrected chi connectivity index (χ0v) is 19.6. The van der Waals surface area contributed by atoms with Crippen molar-refractivity contribution in [1.82, 2.24) is 5.32 Å². The Morgan fingerprint density at radius 2 is 1.97 bits per heavy atom. The Morgan fingerprint density at radius 3 is 2.56 bits per heavy atom. The maximum absolute atomic E-state index is 15.1. The summed E-state index contributed by atoms with van der Waals surface area (Å²) in [5, 5.41) is 26.5. The van der Waals surface area contributed by atoms with E-state index in [0.717, 1.165) is 0 Å². The van der Waals surface area contributed by atoms with Crippen molar-refractivity contribution in [3.05, 3.63) is 58.4 Å². The van der Waals surface area contributed by atoms with Crippen LogP contribution in [-0.4, -0.2) is 54.7 Å². The van der Waals surface area contributed by atoms with E-state index in [9.17, 15) is 25.0 Å². The molecule has 0 spiro atoms. The number of ether oxygens (including phenoxy) is 1. The fourth-order valence-electron chi connectivity index (χ4n) is 4.35. The quantitative estimate of drug-likeness (QED) is 0.440. The van der Waals surface area contributed by atoms with Crippen molar-refractivity contribution in [3.63, 3.8) is 0 Å². The van der Waals surface area contributed by atoms with E-state index >= 15 is 4.39 Å². The van der Waals surface area contributed by atoms with Crippen LogP contribution in [0.3, 0.4) is 0 Å². The first kappa shape index (κ1) is 24.7. The maximum atomic E-state index is 15.1. The molecule has 0 bridgehead atoms. The van der Waals surface area contributed by atoms with Crippen molar-refractivity contribution in [2.75, 3.05) is 41.3 Å². The van der Waals surface area contributed by atoms with Gasteiger partial charge in [0, 0.05) is 50.7 Å². The minimum atomic E-state index is -0.884. The molecular formula is C24H25FN6O5. The molecule has 11 nitrogen and oxygen atoms in total. The summed E-state index contributed by atoms with van der Waals surface area (Å²) >= 11 is 0. The second-order valence-electron chi connectivity index (χ2n) is 8.80. The van der Waals surface area contributed by atoms with Gasteiger partial charge >= 0.3 is 6.09 Å². The van der Waals surface area contributed by atoms with Gasteiger partial charge in [0.1, 0.15) is 17.5 Å². The van der Waals surface area contributed by atoms with Crippen LogP contribution in [0.1, 0.15) is 19.8 Å². The number of hydrogen-bond acceptors (Lipinski definition) is 8. The molecule has 0 radical (unpaired) electrons. The molecule has 1 atom stereocenters. The molecule has 2 aromatic carbocycles. The van der Waals surface area contributed by atoms with Gasteiger partial charge in [0.05, 0.1) is 35.5 Å².